The fourth-order valence-corrected chi connectivity index (χ4v) is 3.02. The third-order valence-corrected chi connectivity index (χ3v) is 4.42. The third-order valence-electron chi connectivity index (χ3n) is 4.42. The summed E-state index contributed by atoms with van der Waals surface area (Å²) in [6, 6.07) is 5.13. The van der Waals surface area contributed by atoms with Crippen molar-refractivity contribution >= 4 is 36.0 Å². The van der Waals surface area contributed by atoms with Gasteiger partial charge in [-0.25, -0.2) is 14.2 Å². The van der Waals surface area contributed by atoms with E-state index >= 15 is 0 Å². The van der Waals surface area contributed by atoms with E-state index in [0.717, 1.165) is 24.9 Å². The summed E-state index contributed by atoms with van der Waals surface area (Å²) in [5.41, 5.74) is 0.773. The first-order valence-electron chi connectivity index (χ1n) is 9.95. The number of rotatable bonds is 7. The van der Waals surface area contributed by atoms with Crippen molar-refractivity contribution in [3.63, 3.8) is 0 Å². The van der Waals surface area contributed by atoms with Gasteiger partial charge in [0.15, 0.2) is 17.5 Å². The number of guanidine groups is 1. The molecule has 1 aliphatic rings. The van der Waals surface area contributed by atoms with Crippen LogP contribution in [-0.2, 0) is 11.3 Å². The average Bonchev–Trinajstić information content (AvgIpc) is 2.69. The summed E-state index contributed by atoms with van der Waals surface area (Å²) in [5, 5.41) is 6.62. The van der Waals surface area contributed by atoms with Crippen molar-refractivity contribution in [2.75, 3.05) is 32.8 Å². The number of likely N-dealkylation sites (tertiary alicyclic amines) is 1. The van der Waals surface area contributed by atoms with Crippen LogP contribution in [0.4, 0.5) is 9.18 Å². The van der Waals surface area contributed by atoms with Crippen LogP contribution in [-0.4, -0.2) is 55.8 Å². The number of carbonyl (C=O) groups is 1. The van der Waals surface area contributed by atoms with Crippen LogP contribution in [0.25, 0.3) is 0 Å². The van der Waals surface area contributed by atoms with Crippen LogP contribution in [0.5, 0.6) is 5.75 Å². The van der Waals surface area contributed by atoms with Gasteiger partial charge < -0.3 is 25.0 Å². The number of piperidine rings is 1. The molecule has 1 aromatic carbocycles. The molecule has 9 heteroatoms. The molecule has 29 heavy (non-hydrogen) atoms. The van der Waals surface area contributed by atoms with Crippen LogP contribution in [0, 0.1) is 5.82 Å². The zero-order chi connectivity index (χ0) is 20.4. The SMILES string of the molecule is CCNC(=NCc1ccc(OCC)c(F)c1)NC1CCN(C(=O)OCC)CC1.I. The van der Waals surface area contributed by atoms with E-state index in [1.165, 1.54) is 6.07 Å². The molecule has 1 saturated heterocycles. The van der Waals surface area contributed by atoms with Crippen LogP contribution in [0.15, 0.2) is 23.2 Å². The second-order valence-electron chi connectivity index (χ2n) is 6.50. The van der Waals surface area contributed by atoms with Crippen molar-refractivity contribution in [1.82, 2.24) is 15.5 Å². The second-order valence-corrected chi connectivity index (χ2v) is 6.50. The highest BCUT2D eigenvalue weighted by atomic mass is 127. The monoisotopic (exact) mass is 522 g/mol. The van der Waals surface area contributed by atoms with Crippen LogP contribution in [0.3, 0.4) is 0 Å². The van der Waals surface area contributed by atoms with Gasteiger partial charge in [0.2, 0.25) is 0 Å². The molecule has 0 bridgehead atoms. The number of nitrogens with one attached hydrogen (secondary N) is 2. The van der Waals surface area contributed by atoms with E-state index in [0.29, 0.717) is 38.8 Å². The first-order chi connectivity index (χ1) is 13.6. The Morgan fingerprint density at radius 3 is 2.55 bits per heavy atom. The predicted octanol–water partition coefficient (Wildman–Crippen LogP) is 3.52. The molecule has 0 spiro atoms. The van der Waals surface area contributed by atoms with Gasteiger partial charge in [-0.15, -0.1) is 24.0 Å². The van der Waals surface area contributed by atoms with Crippen molar-refractivity contribution < 1.29 is 18.7 Å². The van der Waals surface area contributed by atoms with Gasteiger partial charge in [0.05, 0.1) is 19.8 Å². The van der Waals surface area contributed by atoms with Crippen LogP contribution < -0.4 is 15.4 Å². The smallest absolute Gasteiger partial charge is 0.409 e. The largest absolute Gasteiger partial charge is 0.491 e. The van der Waals surface area contributed by atoms with E-state index in [9.17, 15) is 9.18 Å². The van der Waals surface area contributed by atoms with Crippen LogP contribution >= 0.6 is 24.0 Å². The standard InChI is InChI=1S/C20H31FN4O3.HI/c1-4-22-19(23-14-15-7-8-18(27-5-2)17(21)13-15)24-16-9-11-25(12-10-16)20(26)28-6-3;/h7-8,13,16H,4-6,9-12,14H2,1-3H3,(H2,22,23,24);1H. The Morgan fingerprint density at radius 2 is 1.97 bits per heavy atom. The summed E-state index contributed by atoms with van der Waals surface area (Å²) in [6.07, 6.45) is 1.39. The van der Waals surface area contributed by atoms with Gasteiger partial charge in [0, 0.05) is 25.7 Å². The summed E-state index contributed by atoms with van der Waals surface area (Å²) >= 11 is 0. The first kappa shape index (κ1) is 25.3. The molecule has 1 heterocycles. The Hall–Kier alpha value is -1.78. The number of hydrogen-bond donors (Lipinski definition) is 2. The zero-order valence-electron chi connectivity index (χ0n) is 17.4. The number of nitrogens with zero attached hydrogens (tertiary/aromatic N) is 2. The lowest BCUT2D eigenvalue weighted by atomic mass is 10.1. The maximum absolute atomic E-state index is 14.0. The molecule has 7 nitrogen and oxygen atoms in total. The zero-order valence-corrected chi connectivity index (χ0v) is 19.7. The second kappa shape index (κ2) is 13.4. The molecule has 0 aromatic heterocycles. The molecule has 164 valence electrons. The van der Waals surface area contributed by atoms with Gasteiger partial charge in [-0.05, 0) is 51.3 Å². The number of aliphatic imine (C=N–C) groups is 1. The highest BCUT2D eigenvalue weighted by Gasteiger charge is 2.24. The minimum atomic E-state index is -0.376. The topological polar surface area (TPSA) is 75.2 Å². The van der Waals surface area contributed by atoms with Gasteiger partial charge in [-0.2, -0.15) is 0 Å². The first-order valence-corrected chi connectivity index (χ1v) is 9.95. The summed E-state index contributed by atoms with van der Waals surface area (Å²) in [5.74, 6) is 0.568. The van der Waals surface area contributed by atoms with Crippen LogP contribution in [0.2, 0.25) is 0 Å². The third kappa shape index (κ3) is 8.23. The summed E-state index contributed by atoms with van der Waals surface area (Å²) < 4.78 is 24.3. The number of benzene rings is 1. The molecule has 0 radical (unpaired) electrons. The molecule has 0 saturated carbocycles. The minimum absolute atomic E-state index is 0. The lowest BCUT2D eigenvalue weighted by Crippen LogP contribution is -2.49. The van der Waals surface area contributed by atoms with E-state index in [2.05, 4.69) is 15.6 Å². The number of amides is 1. The van der Waals surface area contributed by atoms with Crippen LogP contribution in [0.1, 0.15) is 39.2 Å². The molecule has 2 N–H and O–H groups in total. The Bertz CT molecular complexity index is 667. The predicted molar refractivity (Wildman–Crippen MR) is 123 cm³/mol. The van der Waals surface area contributed by atoms with Crippen molar-refractivity contribution in [1.29, 1.82) is 0 Å². The number of carbonyl (C=O) groups excluding carboxylic acids is 1. The lowest BCUT2D eigenvalue weighted by molar-refractivity contribution is 0.0963. The fourth-order valence-electron chi connectivity index (χ4n) is 3.02. The maximum atomic E-state index is 14.0. The van der Waals surface area contributed by atoms with E-state index in [-0.39, 0.29) is 47.7 Å². The van der Waals surface area contributed by atoms with E-state index in [1.54, 1.807) is 11.0 Å². The lowest BCUT2D eigenvalue weighted by Gasteiger charge is -2.32. The summed E-state index contributed by atoms with van der Waals surface area (Å²) in [7, 11) is 0. The van der Waals surface area contributed by atoms with Crippen molar-refractivity contribution in [2.45, 2.75) is 46.2 Å². The number of hydrogen-bond acceptors (Lipinski definition) is 4. The molecule has 1 fully saturated rings. The van der Waals surface area contributed by atoms with Gasteiger partial charge in [0.25, 0.3) is 0 Å². The Kier molecular flexibility index (Phi) is 11.7. The molecule has 2 rings (SSSR count). The van der Waals surface area contributed by atoms with Gasteiger partial charge in [-0.1, -0.05) is 6.07 Å². The molecule has 0 aliphatic carbocycles. The van der Waals surface area contributed by atoms with E-state index in [1.807, 2.05) is 26.8 Å². The highest BCUT2D eigenvalue weighted by molar-refractivity contribution is 14.0. The Balaban J connectivity index is 0.00000420. The molecule has 1 aliphatic heterocycles. The molecule has 1 aromatic rings. The van der Waals surface area contributed by atoms with Gasteiger partial charge in [-0.3, -0.25) is 0 Å². The molecule has 0 atom stereocenters. The summed E-state index contributed by atoms with van der Waals surface area (Å²) in [6.45, 7) is 8.84. The molecule has 0 unspecified atom stereocenters. The van der Waals surface area contributed by atoms with Crippen molar-refractivity contribution in [2.24, 2.45) is 4.99 Å². The number of halogens is 2. The Labute approximate surface area is 189 Å². The quantitative estimate of drug-likeness (QED) is 0.326. The average molecular weight is 522 g/mol. The minimum Gasteiger partial charge on any atom is -0.491 e. The normalized spacial score (nSPS) is 14.8. The number of ether oxygens (including phenoxy) is 2. The fraction of sp³-hybridized carbons (Fsp3) is 0.600. The van der Waals surface area contributed by atoms with Gasteiger partial charge >= 0.3 is 6.09 Å². The maximum Gasteiger partial charge on any atom is 0.409 e. The molecule has 1 amide bonds. The summed E-state index contributed by atoms with van der Waals surface area (Å²) in [4.78, 5) is 18.1. The van der Waals surface area contributed by atoms with E-state index in [4.69, 9.17) is 9.47 Å². The van der Waals surface area contributed by atoms with Crippen molar-refractivity contribution in [3.05, 3.63) is 29.6 Å². The Morgan fingerprint density at radius 1 is 1.24 bits per heavy atom. The molecular weight excluding hydrogens is 490 g/mol. The molecular formula is C20H32FIN4O3. The van der Waals surface area contributed by atoms with Gasteiger partial charge in [0.1, 0.15) is 0 Å². The van der Waals surface area contributed by atoms with Crippen molar-refractivity contribution in [3.8, 4) is 5.75 Å². The highest BCUT2D eigenvalue weighted by Crippen LogP contribution is 2.19. The van der Waals surface area contributed by atoms with E-state index < -0.39 is 0 Å².